The van der Waals surface area contributed by atoms with Crippen molar-refractivity contribution in [2.45, 2.75) is 6.04 Å². The molecule has 4 rings (SSSR count). The topological polar surface area (TPSA) is 61.2 Å². The minimum absolute atomic E-state index is 0.320. The van der Waals surface area contributed by atoms with E-state index in [1.165, 1.54) is 12.4 Å². The van der Waals surface area contributed by atoms with E-state index in [2.05, 4.69) is 15.4 Å². The third-order valence-electron chi connectivity index (χ3n) is 4.40. The predicted molar refractivity (Wildman–Crippen MR) is 101 cm³/mol. The smallest absolute Gasteiger partial charge is 0.226 e. The van der Waals surface area contributed by atoms with Gasteiger partial charge < -0.3 is 14.8 Å². The molecule has 0 saturated heterocycles. The van der Waals surface area contributed by atoms with E-state index >= 15 is 0 Å². The maximum Gasteiger partial charge on any atom is 0.226 e. The highest BCUT2D eigenvalue weighted by molar-refractivity contribution is 6.31. The van der Waals surface area contributed by atoms with Gasteiger partial charge in [0.15, 0.2) is 0 Å². The molecule has 0 fully saturated rings. The number of allylic oxidation sites excluding steroid dienone is 1. The largest absolute Gasteiger partial charge is 0.497 e. The number of hydrogen-bond donors (Lipinski definition) is 1. The molecule has 0 spiro atoms. The molecule has 2 aromatic carbocycles. The zero-order valence-electron chi connectivity index (χ0n) is 14.6. The minimum atomic E-state index is -0.556. The van der Waals surface area contributed by atoms with E-state index in [1.54, 1.807) is 37.1 Å². The van der Waals surface area contributed by atoms with Gasteiger partial charge in [-0.1, -0.05) is 17.7 Å². The molecular weight excluding hydrogens is 371 g/mol. The van der Waals surface area contributed by atoms with Crippen LogP contribution in [-0.4, -0.2) is 29.0 Å². The van der Waals surface area contributed by atoms with Crippen molar-refractivity contribution in [3.05, 3.63) is 70.8 Å². The summed E-state index contributed by atoms with van der Waals surface area (Å²) in [5.41, 5.74) is 1.82. The lowest BCUT2D eigenvalue weighted by Gasteiger charge is -2.26. The number of benzene rings is 2. The van der Waals surface area contributed by atoms with E-state index in [4.69, 9.17) is 21.1 Å². The molecule has 1 atom stereocenters. The third kappa shape index (κ3) is 3.00. The fraction of sp³-hybridized carbons (Fsp3) is 0.158. The molecule has 1 aliphatic rings. The zero-order chi connectivity index (χ0) is 19.0. The normalized spacial score (nSPS) is 15.6. The molecular formula is C19H16ClFN4O2. The minimum Gasteiger partial charge on any atom is -0.497 e. The van der Waals surface area contributed by atoms with Crippen molar-refractivity contribution in [1.82, 2.24) is 14.8 Å². The van der Waals surface area contributed by atoms with Crippen LogP contribution in [0.3, 0.4) is 0 Å². The van der Waals surface area contributed by atoms with E-state index in [-0.39, 0.29) is 0 Å². The highest BCUT2D eigenvalue weighted by atomic mass is 35.5. The van der Waals surface area contributed by atoms with Crippen molar-refractivity contribution in [1.29, 1.82) is 0 Å². The maximum absolute atomic E-state index is 14.6. The SMILES string of the molecule is COc1ccc(C2=C[C@H](c3c(F)cccc3Cl)n3ncnc3N2)c(OC)c1. The molecule has 1 aromatic heterocycles. The van der Waals surface area contributed by atoms with Gasteiger partial charge in [-0.25, -0.2) is 9.07 Å². The Bertz CT molecular complexity index is 1010. The molecule has 0 radical (unpaired) electrons. The van der Waals surface area contributed by atoms with Crippen molar-refractivity contribution in [2.75, 3.05) is 19.5 Å². The molecule has 0 bridgehead atoms. The predicted octanol–water partition coefficient (Wildman–Crippen LogP) is 4.14. The van der Waals surface area contributed by atoms with Crippen LogP contribution >= 0.6 is 11.6 Å². The first-order valence-electron chi connectivity index (χ1n) is 8.17. The van der Waals surface area contributed by atoms with Gasteiger partial charge in [-0.2, -0.15) is 10.1 Å². The van der Waals surface area contributed by atoms with Gasteiger partial charge in [0, 0.05) is 22.2 Å². The Balaban J connectivity index is 1.87. The molecule has 0 unspecified atom stereocenters. The summed E-state index contributed by atoms with van der Waals surface area (Å²) in [7, 11) is 3.17. The lowest BCUT2D eigenvalue weighted by atomic mass is 10.0. The molecule has 3 aromatic rings. The fourth-order valence-corrected chi connectivity index (χ4v) is 3.39. The number of nitrogens with one attached hydrogen (secondary N) is 1. The van der Waals surface area contributed by atoms with Crippen LogP contribution in [0.1, 0.15) is 17.2 Å². The van der Waals surface area contributed by atoms with E-state index in [0.29, 0.717) is 33.7 Å². The van der Waals surface area contributed by atoms with Crippen LogP contribution in [0.5, 0.6) is 11.5 Å². The number of ether oxygens (including phenoxy) is 2. The van der Waals surface area contributed by atoms with Gasteiger partial charge in [-0.15, -0.1) is 0 Å². The Morgan fingerprint density at radius 3 is 2.78 bits per heavy atom. The van der Waals surface area contributed by atoms with Crippen molar-refractivity contribution in [2.24, 2.45) is 0 Å². The lowest BCUT2D eigenvalue weighted by Crippen LogP contribution is -2.21. The number of fused-ring (bicyclic) bond motifs is 1. The molecule has 0 amide bonds. The number of hydrogen-bond acceptors (Lipinski definition) is 5. The van der Waals surface area contributed by atoms with E-state index in [1.807, 2.05) is 18.2 Å². The van der Waals surface area contributed by atoms with Gasteiger partial charge in [0.2, 0.25) is 5.95 Å². The summed E-state index contributed by atoms with van der Waals surface area (Å²) in [6.45, 7) is 0. The van der Waals surface area contributed by atoms with Crippen molar-refractivity contribution >= 4 is 23.2 Å². The van der Waals surface area contributed by atoms with Crippen LogP contribution in [0.15, 0.2) is 48.8 Å². The molecule has 1 N–H and O–H groups in total. The van der Waals surface area contributed by atoms with Gasteiger partial charge >= 0.3 is 0 Å². The zero-order valence-corrected chi connectivity index (χ0v) is 15.4. The van der Waals surface area contributed by atoms with E-state index in [0.717, 1.165) is 5.56 Å². The van der Waals surface area contributed by atoms with Gasteiger partial charge in [0.1, 0.15) is 29.7 Å². The van der Waals surface area contributed by atoms with Crippen LogP contribution in [0.2, 0.25) is 5.02 Å². The quantitative estimate of drug-likeness (QED) is 0.730. The van der Waals surface area contributed by atoms with Gasteiger partial charge in [0.05, 0.1) is 19.9 Å². The molecule has 6 nitrogen and oxygen atoms in total. The van der Waals surface area contributed by atoms with Crippen LogP contribution < -0.4 is 14.8 Å². The van der Waals surface area contributed by atoms with Crippen LogP contribution in [0.4, 0.5) is 10.3 Å². The standard InChI is InChI=1S/C19H16ClFN4O2/c1-26-11-6-7-12(17(8-11)27-2)15-9-16(25-19(24-15)22-10-23-25)18-13(20)4-3-5-14(18)21/h3-10,16H,1-2H3,(H,22,23,24)/t16-/m1/s1. The molecule has 2 heterocycles. The summed E-state index contributed by atoms with van der Waals surface area (Å²) in [4.78, 5) is 4.23. The first kappa shape index (κ1) is 17.4. The third-order valence-corrected chi connectivity index (χ3v) is 4.73. The Kier molecular flexibility index (Phi) is 4.45. The average Bonchev–Trinajstić information content (AvgIpc) is 3.16. The highest BCUT2D eigenvalue weighted by Crippen LogP contribution is 2.39. The van der Waals surface area contributed by atoms with Crippen molar-refractivity contribution in [3.8, 4) is 11.5 Å². The summed E-state index contributed by atoms with van der Waals surface area (Å²) in [5, 5.41) is 7.75. The Hall–Kier alpha value is -3.06. The van der Waals surface area contributed by atoms with Crippen molar-refractivity contribution in [3.63, 3.8) is 0 Å². The molecule has 0 saturated carbocycles. The van der Waals surface area contributed by atoms with Crippen LogP contribution in [0.25, 0.3) is 5.70 Å². The highest BCUT2D eigenvalue weighted by Gasteiger charge is 2.28. The fourth-order valence-electron chi connectivity index (χ4n) is 3.11. The summed E-state index contributed by atoms with van der Waals surface area (Å²) >= 11 is 6.30. The van der Waals surface area contributed by atoms with Gasteiger partial charge in [-0.05, 0) is 30.3 Å². The first-order chi connectivity index (χ1) is 13.1. The number of rotatable bonds is 4. The summed E-state index contributed by atoms with van der Waals surface area (Å²) < 4.78 is 26.9. The first-order valence-corrected chi connectivity index (χ1v) is 8.55. The molecule has 1 aliphatic heterocycles. The van der Waals surface area contributed by atoms with E-state index in [9.17, 15) is 4.39 Å². The summed E-state index contributed by atoms with van der Waals surface area (Å²) in [6, 6.07) is 9.51. The Morgan fingerprint density at radius 2 is 2.04 bits per heavy atom. The number of methoxy groups -OCH3 is 2. The second kappa shape index (κ2) is 6.92. The van der Waals surface area contributed by atoms with Gasteiger partial charge in [-0.3, -0.25) is 0 Å². The molecule has 0 aliphatic carbocycles. The Labute approximate surface area is 160 Å². The van der Waals surface area contributed by atoms with Crippen molar-refractivity contribution < 1.29 is 13.9 Å². The number of nitrogens with zero attached hydrogens (tertiary/aromatic N) is 3. The van der Waals surface area contributed by atoms with Crippen LogP contribution in [-0.2, 0) is 0 Å². The number of halogens is 2. The monoisotopic (exact) mass is 386 g/mol. The Morgan fingerprint density at radius 1 is 1.19 bits per heavy atom. The van der Waals surface area contributed by atoms with E-state index < -0.39 is 11.9 Å². The average molecular weight is 387 g/mol. The summed E-state index contributed by atoms with van der Waals surface area (Å²) in [6.07, 6.45) is 3.25. The number of aromatic nitrogens is 3. The molecule has 8 heteroatoms. The second-order valence-corrected chi connectivity index (χ2v) is 6.29. The number of anilines is 1. The molecule has 27 heavy (non-hydrogen) atoms. The molecule has 138 valence electrons. The van der Waals surface area contributed by atoms with Crippen LogP contribution in [0, 0.1) is 5.82 Å². The summed E-state index contributed by atoms with van der Waals surface area (Å²) in [5.74, 6) is 1.35. The maximum atomic E-state index is 14.6. The second-order valence-electron chi connectivity index (χ2n) is 5.88. The lowest BCUT2D eigenvalue weighted by molar-refractivity contribution is 0.393. The van der Waals surface area contributed by atoms with Gasteiger partial charge in [0.25, 0.3) is 0 Å².